The molecule has 0 radical (unpaired) electrons. The van der Waals surface area contributed by atoms with Gasteiger partial charge in [0.1, 0.15) is 0 Å². The predicted molar refractivity (Wildman–Crippen MR) is 112 cm³/mol. The van der Waals surface area contributed by atoms with E-state index in [4.69, 9.17) is 14.5 Å². The van der Waals surface area contributed by atoms with Crippen molar-refractivity contribution in [3.8, 4) is 11.5 Å². The maximum Gasteiger partial charge on any atom is 0.257 e. The van der Waals surface area contributed by atoms with Crippen LogP contribution in [0.25, 0.3) is 10.2 Å². The predicted octanol–water partition coefficient (Wildman–Crippen LogP) is 3.58. The van der Waals surface area contributed by atoms with Crippen molar-refractivity contribution < 1.29 is 14.3 Å². The molecule has 4 rings (SSSR count). The number of fused-ring (bicyclic) bond motifs is 1. The third kappa shape index (κ3) is 3.38. The van der Waals surface area contributed by atoms with Gasteiger partial charge in [-0.25, -0.2) is 4.98 Å². The minimum absolute atomic E-state index is 0.0321. The zero-order chi connectivity index (χ0) is 19.7. The van der Waals surface area contributed by atoms with E-state index in [0.29, 0.717) is 30.2 Å². The highest BCUT2D eigenvalue weighted by atomic mass is 32.1. The molecule has 0 aliphatic carbocycles. The number of thiazole rings is 1. The lowest BCUT2D eigenvalue weighted by Crippen LogP contribution is -2.48. The first-order valence-corrected chi connectivity index (χ1v) is 10.0. The average molecular weight is 398 g/mol. The van der Waals surface area contributed by atoms with E-state index in [1.165, 1.54) is 10.3 Å². The number of benzene rings is 2. The Hall–Kier alpha value is -2.80. The third-order valence-corrected chi connectivity index (χ3v) is 6.08. The third-order valence-electron chi connectivity index (χ3n) is 5.00. The summed E-state index contributed by atoms with van der Waals surface area (Å²) < 4.78 is 11.9. The highest BCUT2D eigenvalue weighted by Gasteiger charge is 2.26. The first kappa shape index (κ1) is 18.6. The summed E-state index contributed by atoms with van der Waals surface area (Å²) in [7, 11) is 3.13. The van der Waals surface area contributed by atoms with Crippen LogP contribution < -0.4 is 14.4 Å². The van der Waals surface area contributed by atoms with Crippen molar-refractivity contribution in [1.29, 1.82) is 0 Å². The molecule has 1 aromatic heterocycles. The quantitative estimate of drug-likeness (QED) is 0.674. The summed E-state index contributed by atoms with van der Waals surface area (Å²) in [5.74, 6) is 1.02. The molecule has 0 unspecified atom stereocenters. The van der Waals surface area contributed by atoms with Gasteiger partial charge in [-0.3, -0.25) is 4.79 Å². The van der Waals surface area contributed by atoms with Crippen LogP contribution in [0.15, 0.2) is 36.4 Å². The molecule has 7 heteroatoms. The molecule has 0 spiro atoms. The number of ether oxygens (including phenoxy) is 2. The second-order valence-electron chi connectivity index (χ2n) is 6.79. The summed E-state index contributed by atoms with van der Waals surface area (Å²) in [4.78, 5) is 21.9. The Kier molecular flexibility index (Phi) is 5.09. The van der Waals surface area contributed by atoms with Crippen LogP contribution in [0.2, 0.25) is 0 Å². The van der Waals surface area contributed by atoms with Crippen molar-refractivity contribution in [2.75, 3.05) is 45.3 Å². The fourth-order valence-corrected chi connectivity index (χ4v) is 4.60. The van der Waals surface area contributed by atoms with E-state index in [-0.39, 0.29) is 5.91 Å². The molecule has 28 heavy (non-hydrogen) atoms. The number of rotatable bonds is 4. The van der Waals surface area contributed by atoms with Gasteiger partial charge in [0, 0.05) is 26.2 Å². The summed E-state index contributed by atoms with van der Waals surface area (Å²) in [6.07, 6.45) is 0. The highest BCUT2D eigenvalue weighted by Crippen LogP contribution is 2.33. The van der Waals surface area contributed by atoms with Crippen LogP contribution in [-0.4, -0.2) is 56.2 Å². The molecule has 3 aromatic rings. The lowest BCUT2D eigenvalue weighted by atomic mass is 10.1. The Morgan fingerprint density at radius 1 is 1.07 bits per heavy atom. The Bertz CT molecular complexity index is 1010. The molecule has 1 amide bonds. The van der Waals surface area contributed by atoms with Gasteiger partial charge in [0.2, 0.25) is 0 Å². The maximum absolute atomic E-state index is 13.0. The monoisotopic (exact) mass is 397 g/mol. The molecule has 146 valence electrons. The molecule has 1 fully saturated rings. The molecule has 6 nitrogen and oxygen atoms in total. The average Bonchev–Trinajstić information content (AvgIpc) is 3.15. The van der Waals surface area contributed by atoms with Crippen molar-refractivity contribution in [3.05, 3.63) is 47.5 Å². The topological polar surface area (TPSA) is 54.9 Å². The van der Waals surface area contributed by atoms with E-state index in [1.807, 2.05) is 11.0 Å². The number of carbonyl (C=O) groups excluding carboxylic acids is 1. The van der Waals surface area contributed by atoms with Crippen molar-refractivity contribution >= 4 is 32.6 Å². The zero-order valence-corrected chi connectivity index (χ0v) is 17.1. The lowest BCUT2D eigenvalue weighted by molar-refractivity contribution is 0.0742. The molecule has 1 aliphatic heterocycles. The number of piperazine rings is 1. The highest BCUT2D eigenvalue weighted by molar-refractivity contribution is 7.22. The molecule has 2 heterocycles. The number of methoxy groups -OCH3 is 2. The van der Waals surface area contributed by atoms with Crippen molar-refractivity contribution in [3.63, 3.8) is 0 Å². The van der Waals surface area contributed by atoms with Crippen molar-refractivity contribution in [1.82, 2.24) is 9.88 Å². The molecule has 1 saturated heterocycles. The fraction of sp³-hybridized carbons (Fsp3) is 0.333. The number of carbonyl (C=O) groups is 1. The number of nitrogens with zero attached hydrogens (tertiary/aromatic N) is 3. The van der Waals surface area contributed by atoms with Gasteiger partial charge in [-0.2, -0.15) is 0 Å². The number of aromatic nitrogens is 1. The first-order chi connectivity index (χ1) is 13.6. The number of amides is 1. The minimum atomic E-state index is -0.0321. The van der Waals surface area contributed by atoms with Gasteiger partial charge in [-0.05, 0) is 36.8 Å². The van der Waals surface area contributed by atoms with Crippen LogP contribution in [0.5, 0.6) is 11.5 Å². The van der Waals surface area contributed by atoms with Gasteiger partial charge in [0.15, 0.2) is 16.6 Å². The molecular formula is C21H23N3O3S. The second-order valence-corrected chi connectivity index (χ2v) is 7.80. The molecule has 0 saturated carbocycles. The van der Waals surface area contributed by atoms with Gasteiger partial charge in [0.05, 0.1) is 30.0 Å². The van der Waals surface area contributed by atoms with E-state index in [0.717, 1.165) is 23.7 Å². The van der Waals surface area contributed by atoms with E-state index in [2.05, 4.69) is 30.0 Å². The molecule has 0 N–H and O–H groups in total. The van der Waals surface area contributed by atoms with Crippen LogP contribution in [-0.2, 0) is 0 Å². The van der Waals surface area contributed by atoms with Gasteiger partial charge in [-0.15, -0.1) is 0 Å². The summed E-state index contributed by atoms with van der Waals surface area (Å²) in [5, 5.41) is 1.02. The zero-order valence-electron chi connectivity index (χ0n) is 16.3. The van der Waals surface area contributed by atoms with Gasteiger partial charge < -0.3 is 19.3 Å². The summed E-state index contributed by atoms with van der Waals surface area (Å²) in [5.41, 5.74) is 2.81. The van der Waals surface area contributed by atoms with Crippen LogP contribution >= 0.6 is 11.3 Å². The summed E-state index contributed by atoms with van der Waals surface area (Å²) in [6.45, 7) is 4.91. The molecule has 0 atom stereocenters. The Morgan fingerprint density at radius 3 is 2.57 bits per heavy atom. The van der Waals surface area contributed by atoms with Crippen LogP contribution in [0.1, 0.15) is 15.9 Å². The standard InChI is InChI=1S/C21H23N3O3S/c1-14-7-8-16-18(13-14)28-21(22-16)24-11-9-23(10-12-24)20(25)15-5-4-6-17(26-2)19(15)27-3/h4-8,13H,9-12H2,1-3H3. The van der Waals surface area contributed by atoms with Crippen molar-refractivity contribution in [2.45, 2.75) is 6.92 Å². The van der Waals surface area contributed by atoms with Gasteiger partial charge >= 0.3 is 0 Å². The molecule has 0 bridgehead atoms. The van der Waals surface area contributed by atoms with Crippen LogP contribution in [0, 0.1) is 6.92 Å². The Morgan fingerprint density at radius 2 is 1.86 bits per heavy atom. The SMILES string of the molecule is COc1cccc(C(=O)N2CCN(c3nc4ccc(C)cc4s3)CC2)c1OC. The van der Waals surface area contributed by atoms with E-state index in [9.17, 15) is 4.79 Å². The molecule has 1 aliphatic rings. The van der Waals surface area contributed by atoms with Gasteiger partial charge in [0.25, 0.3) is 5.91 Å². The Labute approximate surface area is 168 Å². The van der Waals surface area contributed by atoms with E-state index in [1.54, 1.807) is 37.7 Å². The van der Waals surface area contributed by atoms with Crippen molar-refractivity contribution in [2.24, 2.45) is 0 Å². The number of hydrogen-bond donors (Lipinski definition) is 0. The number of para-hydroxylation sites is 1. The summed E-state index contributed by atoms with van der Waals surface area (Å²) in [6, 6.07) is 11.7. The largest absolute Gasteiger partial charge is 0.493 e. The molecule has 2 aromatic carbocycles. The smallest absolute Gasteiger partial charge is 0.257 e. The fourth-order valence-electron chi connectivity index (χ4n) is 3.48. The minimum Gasteiger partial charge on any atom is -0.493 e. The first-order valence-electron chi connectivity index (χ1n) is 9.23. The van der Waals surface area contributed by atoms with E-state index >= 15 is 0 Å². The second kappa shape index (κ2) is 7.67. The maximum atomic E-state index is 13.0. The van der Waals surface area contributed by atoms with Crippen LogP contribution in [0.4, 0.5) is 5.13 Å². The number of anilines is 1. The lowest BCUT2D eigenvalue weighted by Gasteiger charge is -2.34. The Balaban J connectivity index is 1.48. The number of hydrogen-bond acceptors (Lipinski definition) is 6. The summed E-state index contributed by atoms with van der Waals surface area (Å²) >= 11 is 1.71. The van der Waals surface area contributed by atoms with Gasteiger partial charge in [-0.1, -0.05) is 23.5 Å². The normalized spacial score (nSPS) is 14.4. The van der Waals surface area contributed by atoms with Crippen LogP contribution in [0.3, 0.4) is 0 Å². The molecular weight excluding hydrogens is 374 g/mol. The van der Waals surface area contributed by atoms with E-state index < -0.39 is 0 Å². The number of aryl methyl sites for hydroxylation is 1.